The molecule has 2 rings (SSSR count). The first-order valence-electron chi connectivity index (χ1n) is 6.24. The topological polar surface area (TPSA) is 62.1 Å². The van der Waals surface area contributed by atoms with Gasteiger partial charge in [0.25, 0.3) is 5.91 Å². The van der Waals surface area contributed by atoms with E-state index < -0.39 is 6.04 Å². The van der Waals surface area contributed by atoms with Crippen molar-refractivity contribution in [2.45, 2.75) is 6.04 Å². The summed E-state index contributed by atoms with van der Waals surface area (Å²) >= 11 is 3.35. The first-order valence-corrected chi connectivity index (χ1v) is 7.03. The largest absolute Gasteiger partial charge is 0.497 e. The summed E-state index contributed by atoms with van der Waals surface area (Å²) in [6.07, 6.45) is 0. The van der Waals surface area contributed by atoms with Crippen LogP contribution in [-0.4, -0.2) is 13.0 Å². The van der Waals surface area contributed by atoms with Gasteiger partial charge in [-0.25, -0.2) is 0 Å². The number of rotatable bonds is 4. The molecule has 0 aliphatic carbocycles. The molecule has 2 aromatic rings. The first-order chi connectivity index (χ1) is 10.1. The number of ether oxygens (including phenoxy) is 1. The quantitative estimate of drug-likeness (QED) is 0.923. The minimum Gasteiger partial charge on any atom is -0.497 e. The molecule has 0 aromatic heterocycles. The normalized spacial score (nSPS) is 11.3. The highest BCUT2D eigenvalue weighted by Gasteiger charge is 2.15. The van der Waals surface area contributed by atoms with Crippen molar-refractivity contribution < 1.29 is 9.53 Å². The van der Waals surface area contributed by atoms with E-state index in [-0.39, 0.29) is 5.91 Å². The molecule has 106 valence electrons. The van der Waals surface area contributed by atoms with Crippen LogP contribution in [0.1, 0.15) is 22.0 Å². The van der Waals surface area contributed by atoms with Crippen molar-refractivity contribution in [1.29, 1.82) is 5.26 Å². The van der Waals surface area contributed by atoms with Crippen LogP contribution in [0.5, 0.6) is 5.75 Å². The zero-order valence-corrected chi connectivity index (χ0v) is 12.9. The number of hydrogen-bond donors (Lipinski definition) is 1. The summed E-state index contributed by atoms with van der Waals surface area (Å²) in [5.41, 5.74) is 1.17. The molecule has 0 saturated carbocycles. The second-order valence-electron chi connectivity index (χ2n) is 4.32. The smallest absolute Gasteiger partial charge is 0.252 e. The van der Waals surface area contributed by atoms with Crippen LogP contribution >= 0.6 is 15.9 Å². The molecule has 21 heavy (non-hydrogen) atoms. The molecule has 1 atom stereocenters. The molecule has 0 heterocycles. The fraction of sp³-hybridized carbons (Fsp3) is 0.125. The summed E-state index contributed by atoms with van der Waals surface area (Å²) in [4.78, 5) is 12.2. The summed E-state index contributed by atoms with van der Waals surface area (Å²) in [6.45, 7) is 0. The van der Waals surface area contributed by atoms with Crippen LogP contribution in [0.25, 0.3) is 0 Å². The van der Waals surface area contributed by atoms with Gasteiger partial charge in [0.15, 0.2) is 0 Å². The molecule has 0 aliphatic heterocycles. The number of methoxy groups -OCH3 is 1. The van der Waals surface area contributed by atoms with Crippen LogP contribution in [0.2, 0.25) is 0 Å². The molecular weight excluding hydrogens is 332 g/mol. The van der Waals surface area contributed by atoms with Crippen LogP contribution in [0.15, 0.2) is 53.0 Å². The summed E-state index contributed by atoms with van der Waals surface area (Å²) < 4.78 is 5.94. The maximum absolute atomic E-state index is 12.2. The monoisotopic (exact) mass is 344 g/mol. The lowest BCUT2D eigenvalue weighted by Gasteiger charge is -2.12. The van der Waals surface area contributed by atoms with E-state index in [1.165, 1.54) is 7.11 Å². The Kier molecular flexibility index (Phi) is 4.96. The average Bonchev–Trinajstić information content (AvgIpc) is 2.52. The Morgan fingerprint density at radius 1 is 1.29 bits per heavy atom. The van der Waals surface area contributed by atoms with E-state index in [1.807, 2.05) is 12.1 Å². The summed E-state index contributed by atoms with van der Waals surface area (Å²) in [5, 5.41) is 12.0. The Morgan fingerprint density at radius 2 is 2.05 bits per heavy atom. The number of nitrogens with one attached hydrogen (secondary N) is 1. The highest BCUT2D eigenvalue weighted by atomic mass is 79.9. The molecule has 1 amide bonds. The average molecular weight is 345 g/mol. The van der Waals surface area contributed by atoms with Gasteiger partial charge in [0.05, 0.1) is 13.2 Å². The molecule has 0 spiro atoms. The first kappa shape index (κ1) is 15.1. The Morgan fingerprint density at radius 3 is 2.71 bits per heavy atom. The minimum absolute atomic E-state index is 0.319. The number of benzene rings is 2. The Balaban J connectivity index is 2.18. The van der Waals surface area contributed by atoms with E-state index in [2.05, 4.69) is 27.3 Å². The van der Waals surface area contributed by atoms with Gasteiger partial charge >= 0.3 is 0 Å². The van der Waals surface area contributed by atoms with Crippen LogP contribution in [-0.2, 0) is 0 Å². The minimum atomic E-state index is -0.707. The van der Waals surface area contributed by atoms with Crippen molar-refractivity contribution in [2.75, 3.05) is 7.11 Å². The molecule has 4 nitrogen and oxygen atoms in total. The van der Waals surface area contributed by atoms with E-state index in [0.717, 1.165) is 10.0 Å². The number of halogens is 1. The zero-order valence-electron chi connectivity index (χ0n) is 11.3. The number of carbonyl (C=O) groups excluding carboxylic acids is 1. The summed E-state index contributed by atoms with van der Waals surface area (Å²) in [7, 11) is 1.54. The van der Waals surface area contributed by atoms with Crippen molar-refractivity contribution in [2.24, 2.45) is 0 Å². The van der Waals surface area contributed by atoms with Gasteiger partial charge in [0, 0.05) is 10.0 Å². The lowest BCUT2D eigenvalue weighted by molar-refractivity contribution is 0.0945. The fourth-order valence-corrected chi connectivity index (χ4v) is 2.27. The molecule has 0 aliphatic rings. The maximum atomic E-state index is 12.2. The van der Waals surface area contributed by atoms with Gasteiger partial charge in [-0.1, -0.05) is 34.1 Å². The molecule has 0 radical (unpaired) electrons. The van der Waals surface area contributed by atoms with Crippen LogP contribution in [0.4, 0.5) is 0 Å². The zero-order chi connectivity index (χ0) is 15.2. The summed E-state index contributed by atoms with van der Waals surface area (Å²) in [6, 6.07) is 15.5. The molecule has 2 aromatic carbocycles. The molecule has 0 saturated heterocycles. The van der Waals surface area contributed by atoms with Gasteiger partial charge in [-0.3, -0.25) is 4.79 Å². The van der Waals surface area contributed by atoms with Crippen molar-refractivity contribution >= 4 is 21.8 Å². The highest BCUT2D eigenvalue weighted by molar-refractivity contribution is 9.10. The Labute approximate surface area is 131 Å². The maximum Gasteiger partial charge on any atom is 0.252 e. The van der Waals surface area contributed by atoms with Gasteiger partial charge in [-0.15, -0.1) is 0 Å². The second kappa shape index (κ2) is 6.91. The van der Waals surface area contributed by atoms with E-state index in [9.17, 15) is 10.1 Å². The van der Waals surface area contributed by atoms with Crippen LogP contribution in [0, 0.1) is 11.3 Å². The number of nitriles is 1. The second-order valence-corrected chi connectivity index (χ2v) is 5.24. The third-order valence-corrected chi connectivity index (χ3v) is 3.41. The molecule has 0 bridgehead atoms. The third kappa shape index (κ3) is 3.83. The van der Waals surface area contributed by atoms with Crippen molar-refractivity contribution in [1.82, 2.24) is 5.32 Å². The van der Waals surface area contributed by atoms with E-state index in [0.29, 0.717) is 11.3 Å². The molecule has 1 unspecified atom stereocenters. The predicted octanol–water partition coefficient (Wildman–Crippen LogP) is 3.45. The standard InChI is InChI=1S/C16H13BrN2O2/c1-21-14-7-3-5-12(9-14)16(20)19-15(10-18)11-4-2-6-13(17)8-11/h2-9,15H,1H3,(H,19,20). The van der Waals surface area contributed by atoms with Crippen LogP contribution < -0.4 is 10.1 Å². The summed E-state index contributed by atoms with van der Waals surface area (Å²) in [5.74, 6) is 0.277. The van der Waals surface area contributed by atoms with E-state index in [4.69, 9.17) is 4.74 Å². The van der Waals surface area contributed by atoms with Crippen molar-refractivity contribution in [3.05, 3.63) is 64.1 Å². The van der Waals surface area contributed by atoms with Gasteiger partial charge in [0.1, 0.15) is 11.8 Å². The van der Waals surface area contributed by atoms with Gasteiger partial charge < -0.3 is 10.1 Å². The van der Waals surface area contributed by atoms with Gasteiger partial charge in [0.2, 0.25) is 0 Å². The van der Waals surface area contributed by atoms with Gasteiger partial charge in [-0.2, -0.15) is 5.26 Å². The Bertz CT molecular complexity index is 695. The lowest BCUT2D eigenvalue weighted by Crippen LogP contribution is -2.27. The number of carbonyl (C=O) groups is 1. The molecule has 0 fully saturated rings. The Hall–Kier alpha value is -2.32. The van der Waals surface area contributed by atoms with E-state index >= 15 is 0 Å². The van der Waals surface area contributed by atoms with Gasteiger partial charge in [-0.05, 0) is 35.9 Å². The van der Waals surface area contributed by atoms with Crippen LogP contribution in [0.3, 0.4) is 0 Å². The molecule has 1 N–H and O–H groups in total. The van der Waals surface area contributed by atoms with Crippen molar-refractivity contribution in [3.63, 3.8) is 0 Å². The van der Waals surface area contributed by atoms with Crippen molar-refractivity contribution in [3.8, 4) is 11.8 Å². The predicted molar refractivity (Wildman–Crippen MR) is 83.0 cm³/mol. The fourth-order valence-electron chi connectivity index (χ4n) is 1.86. The SMILES string of the molecule is COc1cccc(C(=O)NC(C#N)c2cccc(Br)c2)c1. The highest BCUT2D eigenvalue weighted by Crippen LogP contribution is 2.19. The number of amides is 1. The third-order valence-electron chi connectivity index (χ3n) is 2.92. The number of nitrogens with zero attached hydrogens (tertiary/aromatic N) is 1. The number of hydrogen-bond acceptors (Lipinski definition) is 3. The van der Waals surface area contributed by atoms with E-state index in [1.54, 1.807) is 36.4 Å². The molecule has 5 heteroatoms. The molecular formula is C16H13BrN2O2. The lowest BCUT2D eigenvalue weighted by atomic mass is 10.1.